The topological polar surface area (TPSA) is 93.2 Å². The van der Waals surface area contributed by atoms with Crippen LogP contribution in [0.4, 0.5) is 13.2 Å². The van der Waals surface area contributed by atoms with Crippen molar-refractivity contribution in [2.24, 2.45) is 0 Å². The van der Waals surface area contributed by atoms with E-state index in [0.29, 0.717) is 24.1 Å². The maximum absolute atomic E-state index is 12.4. The second-order valence-corrected chi connectivity index (χ2v) is 7.25. The Morgan fingerprint density at radius 1 is 1.21 bits per heavy atom. The second kappa shape index (κ2) is 10.2. The summed E-state index contributed by atoms with van der Waals surface area (Å²) in [7, 11) is 0. The van der Waals surface area contributed by atoms with Gasteiger partial charge in [-0.05, 0) is 43.2 Å². The van der Waals surface area contributed by atoms with E-state index in [4.69, 9.17) is 16.1 Å². The van der Waals surface area contributed by atoms with Gasteiger partial charge in [0.05, 0.1) is 5.02 Å². The maximum Gasteiger partial charge on any atom is 1.00 e. The van der Waals surface area contributed by atoms with Gasteiger partial charge in [-0.1, -0.05) is 28.9 Å². The van der Waals surface area contributed by atoms with Gasteiger partial charge in [-0.25, -0.2) is 0 Å². The van der Waals surface area contributed by atoms with Crippen LogP contribution in [0.3, 0.4) is 0 Å². The number of carbonyl (C=O) groups is 1. The molecule has 0 atom stereocenters. The van der Waals surface area contributed by atoms with Crippen LogP contribution in [0.1, 0.15) is 12.8 Å². The molecule has 0 unspecified atom stereocenters. The van der Waals surface area contributed by atoms with Gasteiger partial charge in [0.25, 0.3) is 5.89 Å². The van der Waals surface area contributed by atoms with E-state index < -0.39 is 18.1 Å². The summed E-state index contributed by atoms with van der Waals surface area (Å²) < 4.78 is 48.3. The van der Waals surface area contributed by atoms with Crippen LogP contribution < -0.4 is 39.4 Å². The number of alkyl halides is 3. The molecule has 0 radical (unpaired) electrons. The monoisotopic (exact) mass is 487 g/mol. The molecular weight excluding hydrogens is 474 g/mol. The van der Waals surface area contributed by atoms with Crippen molar-refractivity contribution in [1.29, 1.82) is 0 Å². The van der Waals surface area contributed by atoms with Crippen LogP contribution in [0.5, 0.6) is 5.75 Å². The fourth-order valence-electron chi connectivity index (χ4n) is 3.30. The third-order valence-corrected chi connectivity index (χ3v) is 4.96. The molecular formula is C21H14ClF3N3NaO4. The van der Waals surface area contributed by atoms with Gasteiger partial charge in [0.15, 0.2) is 0 Å². The van der Waals surface area contributed by atoms with Gasteiger partial charge in [-0.3, -0.25) is 0 Å². The van der Waals surface area contributed by atoms with Crippen molar-refractivity contribution in [1.82, 2.24) is 14.7 Å². The van der Waals surface area contributed by atoms with E-state index in [2.05, 4.69) is 14.9 Å². The van der Waals surface area contributed by atoms with Gasteiger partial charge < -0.3 is 23.7 Å². The maximum atomic E-state index is 12.4. The number of ether oxygens (including phenoxy) is 1. The van der Waals surface area contributed by atoms with E-state index in [1.165, 1.54) is 12.1 Å². The first-order valence-electron chi connectivity index (χ1n) is 9.39. The molecule has 0 saturated heterocycles. The molecule has 4 rings (SSSR count). The number of benzene rings is 2. The second-order valence-electron chi connectivity index (χ2n) is 6.84. The Hall–Kier alpha value is -2.53. The molecule has 0 aliphatic carbocycles. The van der Waals surface area contributed by atoms with E-state index >= 15 is 0 Å². The Bertz CT molecular complexity index is 1290. The summed E-state index contributed by atoms with van der Waals surface area (Å²) in [6.07, 6.45) is -2.63. The molecule has 7 nitrogen and oxygen atoms in total. The molecule has 12 heteroatoms. The number of aliphatic carboxylic acids is 1. The summed E-state index contributed by atoms with van der Waals surface area (Å²) >= 11 is 5.89. The third kappa shape index (κ3) is 5.89. The summed E-state index contributed by atoms with van der Waals surface area (Å²) in [5, 5.41) is 15.2. The fourth-order valence-corrected chi connectivity index (χ4v) is 3.52. The van der Waals surface area contributed by atoms with Gasteiger partial charge in [-0.2, -0.15) is 4.98 Å². The van der Waals surface area contributed by atoms with Gasteiger partial charge in [-0.15, -0.1) is 13.2 Å². The summed E-state index contributed by atoms with van der Waals surface area (Å²) in [5.74, 6) is -1.28. The summed E-state index contributed by atoms with van der Waals surface area (Å²) in [6, 6.07) is 11.0. The van der Waals surface area contributed by atoms with E-state index in [9.17, 15) is 23.1 Å². The van der Waals surface area contributed by atoms with Gasteiger partial charge in [0.1, 0.15) is 5.75 Å². The predicted molar refractivity (Wildman–Crippen MR) is 107 cm³/mol. The van der Waals surface area contributed by atoms with E-state index in [0.717, 1.165) is 17.0 Å². The minimum atomic E-state index is -4.86. The molecule has 166 valence electrons. The van der Waals surface area contributed by atoms with Crippen molar-refractivity contribution in [2.45, 2.75) is 25.7 Å². The van der Waals surface area contributed by atoms with Crippen LogP contribution in [-0.4, -0.2) is 27.0 Å². The number of hydrogen-bond acceptors (Lipinski definition) is 6. The van der Waals surface area contributed by atoms with E-state index in [1.807, 2.05) is 29.0 Å². The van der Waals surface area contributed by atoms with E-state index in [1.54, 1.807) is 6.07 Å². The van der Waals surface area contributed by atoms with Gasteiger partial charge in [0.2, 0.25) is 5.82 Å². The van der Waals surface area contributed by atoms with Crippen LogP contribution in [0.25, 0.3) is 33.7 Å². The van der Waals surface area contributed by atoms with Crippen LogP contribution in [0, 0.1) is 0 Å². The van der Waals surface area contributed by atoms with Gasteiger partial charge >= 0.3 is 35.9 Å². The zero-order chi connectivity index (χ0) is 22.9. The average molecular weight is 488 g/mol. The molecule has 33 heavy (non-hydrogen) atoms. The van der Waals surface area contributed by atoms with Crippen molar-refractivity contribution in [2.75, 3.05) is 0 Å². The summed E-state index contributed by atoms with van der Waals surface area (Å²) in [5.41, 5.74) is 1.87. The molecule has 0 aliphatic rings. The zero-order valence-electron chi connectivity index (χ0n) is 17.2. The largest absolute Gasteiger partial charge is 1.00 e. The smallest absolute Gasteiger partial charge is 0.550 e. The SMILES string of the molecule is O=C([O-])CCCn1ccc2c(-c3noc(-c4ccc(OC(F)(F)F)c(Cl)c4)n3)cccc21.[Na+]. The Morgan fingerprint density at radius 3 is 2.70 bits per heavy atom. The molecule has 0 amide bonds. The number of carboxylic acid groups (broad SMARTS) is 1. The molecule has 0 saturated carbocycles. The Morgan fingerprint density at radius 2 is 2.00 bits per heavy atom. The molecule has 0 aliphatic heterocycles. The van der Waals surface area contributed by atoms with Gasteiger partial charge in [0, 0.05) is 40.7 Å². The molecule has 0 N–H and O–H groups in total. The van der Waals surface area contributed by atoms with Crippen molar-refractivity contribution in [3.63, 3.8) is 0 Å². The number of halogens is 4. The van der Waals surface area contributed by atoms with Crippen LogP contribution in [0.2, 0.25) is 5.02 Å². The number of aryl methyl sites for hydroxylation is 1. The number of carbonyl (C=O) groups excluding carboxylic acids is 1. The third-order valence-electron chi connectivity index (χ3n) is 4.67. The zero-order valence-corrected chi connectivity index (χ0v) is 20.0. The Kier molecular flexibility index (Phi) is 7.73. The number of rotatable bonds is 7. The van der Waals surface area contributed by atoms with Crippen LogP contribution in [0.15, 0.2) is 53.2 Å². The summed E-state index contributed by atoms with van der Waals surface area (Å²) in [4.78, 5) is 15.0. The van der Waals surface area contributed by atoms with Crippen molar-refractivity contribution >= 4 is 28.5 Å². The molecule has 2 aromatic carbocycles. The minimum absolute atomic E-state index is 0. The number of aromatic nitrogens is 3. The number of fused-ring (bicyclic) bond motifs is 1. The quantitative estimate of drug-likeness (QED) is 0.366. The molecule has 0 fully saturated rings. The first-order chi connectivity index (χ1) is 15.2. The first kappa shape index (κ1) is 25.1. The van der Waals surface area contributed by atoms with E-state index in [-0.39, 0.29) is 52.7 Å². The van der Waals surface area contributed by atoms with Crippen molar-refractivity contribution in [3.8, 4) is 28.6 Å². The fraction of sp³-hybridized carbons (Fsp3) is 0.190. The molecule has 2 aromatic heterocycles. The first-order valence-corrected chi connectivity index (χ1v) is 9.76. The normalized spacial score (nSPS) is 11.4. The minimum Gasteiger partial charge on any atom is -0.550 e. The van der Waals surface area contributed by atoms with Crippen molar-refractivity contribution in [3.05, 3.63) is 53.7 Å². The molecule has 2 heterocycles. The van der Waals surface area contributed by atoms with Crippen molar-refractivity contribution < 1.29 is 61.9 Å². The van der Waals surface area contributed by atoms with Crippen LogP contribution >= 0.6 is 11.6 Å². The Balaban J connectivity index is 0.00000306. The standard InChI is InChI=1S/C21H15ClF3N3O4.Na/c22-15-11-12(6-7-17(15)31-21(23,24)25)20-26-19(27-32-20)14-3-1-4-16-13(14)8-10-28(16)9-2-5-18(29)30;/h1,3-4,6-8,10-11H,2,5,9H2,(H,29,30);/q;+1/p-1. The number of hydrogen-bond donors (Lipinski definition) is 0. The number of nitrogens with zero attached hydrogens (tertiary/aromatic N) is 3. The average Bonchev–Trinajstić information content (AvgIpc) is 3.36. The van der Waals surface area contributed by atoms with Crippen LogP contribution in [-0.2, 0) is 11.3 Å². The molecule has 0 bridgehead atoms. The summed E-state index contributed by atoms with van der Waals surface area (Å²) in [6.45, 7) is 0.503. The Labute approximate surface area is 212 Å². The molecule has 4 aromatic rings. The number of carboxylic acids is 1. The molecule has 0 spiro atoms. The predicted octanol–water partition coefficient (Wildman–Crippen LogP) is 1.44.